The van der Waals surface area contributed by atoms with E-state index in [1.54, 1.807) is 54.6 Å². The van der Waals surface area contributed by atoms with Crippen molar-refractivity contribution in [2.75, 3.05) is 23.6 Å². The SMILES string of the molecule is CCOc1ccc(C2=C(Nc3ccc4c(c3)OCO4)C(=O)N(c3ccc(C)cc3)C2=O)cc1. The van der Waals surface area contributed by atoms with Crippen LogP contribution in [0.3, 0.4) is 0 Å². The van der Waals surface area contributed by atoms with E-state index in [1.807, 2.05) is 26.0 Å². The number of ether oxygens (including phenoxy) is 3. The van der Waals surface area contributed by atoms with Gasteiger partial charge in [0.1, 0.15) is 11.4 Å². The summed E-state index contributed by atoms with van der Waals surface area (Å²) >= 11 is 0. The summed E-state index contributed by atoms with van der Waals surface area (Å²) in [6.07, 6.45) is 0. The van der Waals surface area contributed by atoms with Crippen LogP contribution in [0, 0.1) is 6.92 Å². The van der Waals surface area contributed by atoms with E-state index in [9.17, 15) is 9.59 Å². The highest BCUT2D eigenvalue weighted by Crippen LogP contribution is 2.38. The molecule has 33 heavy (non-hydrogen) atoms. The first-order valence-corrected chi connectivity index (χ1v) is 10.6. The molecule has 166 valence electrons. The van der Waals surface area contributed by atoms with Crippen molar-refractivity contribution in [1.29, 1.82) is 0 Å². The van der Waals surface area contributed by atoms with Gasteiger partial charge in [0.2, 0.25) is 6.79 Å². The van der Waals surface area contributed by atoms with Gasteiger partial charge in [-0.15, -0.1) is 0 Å². The summed E-state index contributed by atoms with van der Waals surface area (Å²) < 4.78 is 16.3. The maximum Gasteiger partial charge on any atom is 0.282 e. The van der Waals surface area contributed by atoms with E-state index in [4.69, 9.17) is 14.2 Å². The Morgan fingerprint density at radius 1 is 0.909 bits per heavy atom. The van der Waals surface area contributed by atoms with E-state index in [-0.39, 0.29) is 12.5 Å². The van der Waals surface area contributed by atoms with Crippen molar-refractivity contribution in [3.8, 4) is 17.2 Å². The molecule has 3 aromatic rings. The zero-order chi connectivity index (χ0) is 22.9. The standard InChI is InChI=1S/C26H22N2O5/c1-3-31-20-11-6-17(7-12-20)23-24(27-18-8-13-21-22(14-18)33-15-32-21)26(30)28(25(23)29)19-9-4-16(2)5-10-19/h4-14,27H,3,15H2,1-2H3. The number of carbonyl (C=O) groups excluding carboxylic acids is 2. The highest BCUT2D eigenvalue weighted by molar-refractivity contribution is 6.46. The molecule has 0 spiro atoms. The largest absolute Gasteiger partial charge is 0.494 e. The zero-order valence-corrected chi connectivity index (χ0v) is 18.3. The van der Waals surface area contributed by atoms with Crippen LogP contribution in [0.5, 0.6) is 17.2 Å². The lowest BCUT2D eigenvalue weighted by Crippen LogP contribution is -2.32. The Bertz CT molecular complexity index is 1260. The molecular weight excluding hydrogens is 420 g/mol. The van der Waals surface area contributed by atoms with Gasteiger partial charge in [-0.2, -0.15) is 0 Å². The Balaban J connectivity index is 1.56. The smallest absolute Gasteiger partial charge is 0.282 e. The molecule has 0 radical (unpaired) electrons. The number of rotatable bonds is 6. The number of hydrogen-bond donors (Lipinski definition) is 1. The lowest BCUT2D eigenvalue weighted by Gasteiger charge is -2.15. The fourth-order valence-corrected chi connectivity index (χ4v) is 3.84. The van der Waals surface area contributed by atoms with Gasteiger partial charge in [0.15, 0.2) is 11.5 Å². The summed E-state index contributed by atoms with van der Waals surface area (Å²) in [7, 11) is 0. The maximum absolute atomic E-state index is 13.5. The predicted molar refractivity (Wildman–Crippen MR) is 124 cm³/mol. The van der Waals surface area contributed by atoms with Crippen LogP contribution in [-0.2, 0) is 9.59 Å². The van der Waals surface area contributed by atoms with Crippen LogP contribution in [0.25, 0.3) is 5.57 Å². The minimum Gasteiger partial charge on any atom is -0.494 e. The third-order valence-corrected chi connectivity index (χ3v) is 5.47. The third kappa shape index (κ3) is 3.78. The number of nitrogens with zero attached hydrogens (tertiary/aromatic N) is 1. The second kappa shape index (κ2) is 8.35. The van der Waals surface area contributed by atoms with E-state index < -0.39 is 11.8 Å². The number of imide groups is 1. The minimum atomic E-state index is -0.426. The van der Waals surface area contributed by atoms with Gasteiger partial charge in [-0.05, 0) is 55.8 Å². The molecule has 0 bridgehead atoms. The van der Waals surface area contributed by atoms with E-state index in [1.165, 1.54) is 4.90 Å². The third-order valence-electron chi connectivity index (χ3n) is 5.47. The topological polar surface area (TPSA) is 77.1 Å². The Labute approximate surface area is 191 Å². The zero-order valence-electron chi connectivity index (χ0n) is 18.3. The van der Waals surface area contributed by atoms with Gasteiger partial charge in [-0.25, -0.2) is 4.90 Å². The van der Waals surface area contributed by atoms with Gasteiger partial charge < -0.3 is 19.5 Å². The number of amides is 2. The Morgan fingerprint density at radius 2 is 1.64 bits per heavy atom. The molecule has 2 aliphatic rings. The average Bonchev–Trinajstić information content (AvgIpc) is 3.38. The molecule has 0 aromatic heterocycles. The minimum absolute atomic E-state index is 0.150. The van der Waals surface area contributed by atoms with Gasteiger partial charge in [-0.1, -0.05) is 29.8 Å². The molecule has 2 heterocycles. The number of benzene rings is 3. The van der Waals surface area contributed by atoms with E-state index in [0.717, 1.165) is 5.56 Å². The normalized spacial score (nSPS) is 14.8. The number of hydrogen-bond acceptors (Lipinski definition) is 6. The second-order valence-electron chi connectivity index (χ2n) is 7.68. The Kier molecular flexibility index (Phi) is 5.22. The van der Waals surface area contributed by atoms with Gasteiger partial charge in [0.05, 0.1) is 17.9 Å². The van der Waals surface area contributed by atoms with Crippen LogP contribution in [-0.4, -0.2) is 25.2 Å². The predicted octanol–water partition coefficient (Wildman–Crippen LogP) is 4.52. The van der Waals surface area contributed by atoms with Gasteiger partial charge in [0, 0.05) is 11.8 Å². The van der Waals surface area contributed by atoms with E-state index >= 15 is 0 Å². The molecule has 7 nitrogen and oxygen atoms in total. The molecule has 0 atom stereocenters. The fraction of sp³-hybridized carbons (Fsp3) is 0.154. The average molecular weight is 442 g/mol. The molecule has 2 amide bonds. The molecular formula is C26H22N2O5. The van der Waals surface area contributed by atoms with Crippen molar-refractivity contribution < 1.29 is 23.8 Å². The quantitative estimate of drug-likeness (QED) is 0.566. The monoisotopic (exact) mass is 442 g/mol. The molecule has 1 N–H and O–H groups in total. The molecule has 3 aromatic carbocycles. The molecule has 0 fully saturated rings. The van der Waals surface area contributed by atoms with E-state index in [0.29, 0.717) is 46.4 Å². The summed E-state index contributed by atoms with van der Waals surface area (Å²) in [6.45, 7) is 4.55. The summed E-state index contributed by atoms with van der Waals surface area (Å²) in [6, 6.07) is 19.7. The Morgan fingerprint density at radius 3 is 2.36 bits per heavy atom. The molecule has 5 rings (SSSR count). The van der Waals surface area contributed by atoms with Crippen LogP contribution in [0.1, 0.15) is 18.1 Å². The van der Waals surface area contributed by atoms with Crippen LogP contribution in [0.2, 0.25) is 0 Å². The van der Waals surface area contributed by atoms with Crippen molar-refractivity contribution in [3.63, 3.8) is 0 Å². The number of anilines is 2. The number of fused-ring (bicyclic) bond motifs is 1. The van der Waals surface area contributed by atoms with Crippen molar-refractivity contribution in [2.24, 2.45) is 0 Å². The fourth-order valence-electron chi connectivity index (χ4n) is 3.84. The van der Waals surface area contributed by atoms with Crippen molar-refractivity contribution in [1.82, 2.24) is 0 Å². The van der Waals surface area contributed by atoms with Crippen molar-refractivity contribution in [3.05, 3.63) is 83.6 Å². The number of carbonyl (C=O) groups is 2. The van der Waals surface area contributed by atoms with Crippen LogP contribution >= 0.6 is 0 Å². The summed E-state index contributed by atoms with van der Waals surface area (Å²) in [5.41, 5.74) is 3.28. The summed E-state index contributed by atoms with van der Waals surface area (Å²) in [4.78, 5) is 28.2. The lowest BCUT2D eigenvalue weighted by atomic mass is 10.0. The summed E-state index contributed by atoms with van der Waals surface area (Å²) in [5, 5.41) is 3.15. The number of aryl methyl sites for hydroxylation is 1. The van der Waals surface area contributed by atoms with Crippen molar-refractivity contribution >= 4 is 28.8 Å². The first kappa shape index (κ1) is 20.6. The molecule has 0 unspecified atom stereocenters. The van der Waals surface area contributed by atoms with Gasteiger partial charge in [-0.3, -0.25) is 9.59 Å². The second-order valence-corrected chi connectivity index (χ2v) is 7.68. The first-order valence-electron chi connectivity index (χ1n) is 10.6. The molecule has 2 aliphatic heterocycles. The molecule has 7 heteroatoms. The molecule has 0 aliphatic carbocycles. The van der Waals surface area contributed by atoms with Crippen LogP contribution in [0.15, 0.2) is 72.4 Å². The van der Waals surface area contributed by atoms with E-state index in [2.05, 4.69) is 5.32 Å². The lowest BCUT2D eigenvalue weighted by molar-refractivity contribution is -0.120. The van der Waals surface area contributed by atoms with Crippen molar-refractivity contribution in [2.45, 2.75) is 13.8 Å². The van der Waals surface area contributed by atoms with Gasteiger partial charge >= 0.3 is 0 Å². The number of nitrogens with one attached hydrogen (secondary N) is 1. The summed E-state index contributed by atoms with van der Waals surface area (Å²) in [5.74, 6) is 1.09. The Hall–Kier alpha value is -4.26. The first-order chi connectivity index (χ1) is 16.0. The highest BCUT2D eigenvalue weighted by atomic mass is 16.7. The van der Waals surface area contributed by atoms with Crippen LogP contribution in [0.4, 0.5) is 11.4 Å². The molecule has 0 saturated heterocycles. The maximum atomic E-state index is 13.5. The van der Waals surface area contributed by atoms with Crippen LogP contribution < -0.4 is 24.4 Å². The highest BCUT2D eigenvalue weighted by Gasteiger charge is 2.40. The van der Waals surface area contributed by atoms with Gasteiger partial charge in [0.25, 0.3) is 11.8 Å². The molecule has 0 saturated carbocycles.